The molecule has 1 aliphatic heterocycles. The van der Waals surface area contributed by atoms with Crippen LogP contribution in [0.15, 0.2) is 24.3 Å². The fourth-order valence-corrected chi connectivity index (χ4v) is 4.00. The number of thiocarbonyl (C=S) groups is 1. The first-order chi connectivity index (χ1) is 9.79. The van der Waals surface area contributed by atoms with Crippen LogP contribution in [-0.2, 0) is 20.6 Å². The molecule has 1 amide bonds. The van der Waals surface area contributed by atoms with E-state index in [2.05, 4.69) is 0 Å². The van der Waals surface area contributed by atoms with Crippen LogP contribution in [0.5, 0.6) is 0 Å². The van der Waals surface area contributed by atoms with Gasteiger partial charge in [-0.1, -0.05) is 36.5 Å². The lowest BCUT2D eigenvalue weighted by atomic mass is 10.1. The number of sulfonamides is 1. The van der Waals surface area contributed by atoms with Gasteiger partial charge >= 0.3 is 0 Å². The Kier molecular flexibility index (Phi) is 4.60. The lowest BCUT2D eigenvalue weighted by Gasteiger charge is -2.16. The zero-order valence-corrected chi connectivity index (χ0v) is 13.0. The van der Waals surface area contributed by atoms with Gasteiger partial charge in [0.15, 0.2) is 0 Å². The Morgan fingerprint density at radius 3 is 2.38 bits per heavy atom. The van der Waals surface area contributed by atoms with Crippen molar-refractivity contribution in [3.63, 3.8) is 0 Å². The highest BCUT2D eigenvalue weighted by Crippen LogP contribution is 2.21. The molecule has 1 saturated heterocycles. The van der Waals surface area contributed by atoms with E-state index in [1.807, 2.05) is 0 Å². The maximum Gasteiger partial charge on any atom is 0.221 e. The Morgan fingerprint density at radius 1 is 1.29 bits per heavy atom. The van der Waals surface area contributed by atoms with Crippen molar-refractivity contribution in [3.05, 3.63) is 35.4 Å². The van der Waals surface area contributed by atoms with Crippen molar-refractivity contribution in [2.75, 3.05) is 13.1 Å². The largest absolute Gasteiger partial charge is 0.389 e. The lowest BCUT2D eigenvalue weighted by Crippen LogP contribution is -2.32. The minimum Gasteiger partial charge on any atom is -0.389 e. The highest BCUT2D eigenvalue weighted by atomic mass is 32.2. The van der Waals surface area contributed by atoms with Gasteiger partial charge in [0.25, 0.3) is 0 Å². The molecule has 0 radical (unpaired) electrons. The highest BCUT2D eigenvalue weighted by molar-refractivity contribution is 7.88. The number of hydrogen-bond donors (Lipinski definition) is 2. The molecule has 0 spiro atoms. The molecule has 1 unspecified atom stereocenters. The minimum atomic E-state index is -3.45. The molecule has 1 aromatic rings. The quantitative estimate of drug-likeness (QED) is 0.738. The Morgan fingerprint density at radius 2 is 1.90 bits per heavy atom. The first-order valence-electron chi connectivity index (χ1n) is 6.45. The zero-order valence-electron chi connectivity index (χ0n) is 11.4. The maximum atomic E-state index is 12.3. The second-order valence-corrected chi connectivity index (χ2v) is 7.47. The number of carbonyl (C=O) groups is 1. The molecule has 1 aliphatic rings. The van der Waals surface area contributed by atoms with Gasteiger partial charge in [-0.2, -0.15) is 0 Å². The third-order valence-corrected chi connectivity index (χ3v) is 5.59. The molecule has 21 heavy (non-hydrogen) atoms. The first-order valence-corrected chi connectivity index (χ1v) is 8.47. The minimum absolute atomic E-state index is 0.115. The summed E-state index contributed by atoms with van der Waals surface area (Å²) in [6.45, 7) is 0.504. The van der Waals surface area contributed by atoms with Crippen molar-refractivity contribution in [1.29, 1.82) is 0 Å². The molecule has 0 aliphatic carbocycles. The Labute approximate surface area is 129 Å². The van der Waals surface area contributed by atoms with Crippen molar-refractivity contribution in [2.45, 2.75) is 12.2 Å². The summed E-state index contributed by atoms with van der Waals surface area (Å²) in [6, 6.07) is 6.77. The SMILES string of the molecule is NC(=O)C1CCN(S(=O)(=O)Cc2ccc(C(N)=S)cc2)C1. The van der Waals surface area contributed by atoms with Crippen molar-refractivity contribution in [2.24, 2.45) is 17.4 Å². The molecule has 0 bridgehead atoms. The van der Waals surface area contributed by atoms with E-state index in [9.17, 15) is 13.2 Å². The van der Waals surface area contributed by atoms with Gasteiger partial charge in [0.05, 0.1) is 11.7 Å². The van der Waals surface area contributed by atoms with E-state index in [-0.39, 0.29) is 17.3 Å². The highest BCUT2D eigenvalue weighted by Gasteiger charge is 2.33. The molecule has 1 aromatic carbocycles. The number of nitrogens with two attached hydrogens (primary N) is 2. The number of primary amides is 1. The third kappa shape index (κ3) is 3.78. The van der Waals surface area contributed by atoms with Gasteiger partial charge in [-0.25, -0.2) is 12.7 Å². The summed E-state index contributed by atoms with van der Waals surface area (Å²) in [4.78, 5) is 11.4. The molecule has 8 heteroatoms. The van der Waals surface area contributed by atoms with Crippen LogP contribution in [0.25, 0.3) is 0 Å². The molecule has 0 saturated carbocycles. The molecule has 1 fully saturated rings. The van der Waals surface area contributed by atoms with Crippen LogP contribution >= 0.6 is 12.2 Å². The number of rotatable bonds is 5. The van der Waals surface area contributed by atoms with Crippen LogP contribution in [0.3, 0.4) is 0 Å². The lowest BCUT2D eigenvalue weighted by molar-refractivity contribution is -0.121. The first kappa shape index (κ1) is 15.9. The van der Waals surface area contributed by atoms with Crippen molar-refractivity contribution in [3.8, 4) is 0 Å². The van der Waals surface area contributed by atoms with E-state index in [0.29, 0.717) is 24.1 Å². The summed E-state index contributed by atoms with van der Waals surface area (Å²) in [7, 11) is -3.45. The van der Waals surface area contributed by atoms with E-state index in [0.717, 1.165) is 0 Å². The van der Waals surface area contributed by atoms with Gasteiger partial charge in [0, 0.05) is 18.7 Å². The van der Waals surface area contributed by atoms with Gasteiger partial charge < -0.3 is 11.5 Å². The van der Waals surface area contributed by atoms with Gasteiger partial charge in [-0.15, -0.1) is 0 Å². The number of amides is 1. The van der Waals surface area contributed by atoms with Gasteiger partial charge in [-0.3, -0.25) is 4.79 Å². The van der Waals surface area contributed by atoms with Crippen molar-refractivity contribution in [1.82, 2.24) is 4.31 Å². The van der Waals surface area contributed by atoms with Crippen LogP contribution in [0.4, 0.5) is 0 Å². The van der Waals surface area contributed by atoms with E-state index in [1.54, 1.807) is 24.3 Å². The summed E-state index contributed by atoms with van der Waals surface area (Å²) >= 11 is 4.85. The molecule has 6 nitrogen and oxygen atoms in total. The number of hydrogen-bond acceptors (Lipinski definition) is 4. The second kappa shape index (κ2) is 6.08. The molecule has 4 N–H and O–H groups in total. The molecule has 114 valence electrons. The van der Waals surface area contributed by atoms with Crippen LogP contribution in [0.2, 0.25) is 0 Å². The van der Waals surface area contributed by atoms with E-state index >= 15 is 0 Å². The van der Waals surface area contributed by atoms with Gasteiger partial charge in [0.2, 0.25) is 15.9 Å². The summed E-state index contributed by atoms with van der Waals surface area (Å²) in [5.41, 5.74) is 12.1. The maximum absolute atomic E-state index is 12.3. The predicted molar refractivity (Wildman–Crippen MR) is 83.8 cm³/mol. The van der Waals surface area contributed by atoms with E-state index < -0.39 is 21.8 Å². The Bertz CT molecular complexity index is 656. The fourth-order valence-electron chi connectivity index (χ4n) is 2.28. The summed E-state index contributed by atoms with van der Waals surface area (Å²) in [6.07, 6.45) is 0.481. The Balaban J connectivity index is 2.07. The summed E-state index contributed by atoms with van der Waals surface area (Å²) < 4.78 is 25.9. The van der Waals surface area contributed by atoms with Crippen LogP contribution in [-0.4, -0.2) is 36.7 Å². The average Bonchev–Trinajstić information content (AvgIpc) is 2.89. The monoisotopic (exact) mass is 327 g/mol. The number of benzene rings is 1. The fraction of sp³-hybridized carbons (Fsp3) is 0.385. The van der Waals surface area contributed by atoms with E-state index in [4.69, 9.17) is 23.7 Å². The molecule has 1 heterocycles. The summed E-state index contributed by atoms with van der Waals surface area (Å²) in [5, 5.41) is 0. The topological polar surface area (TPSA) is 106 Å². The standard InChI is InChI=1S/C13H17N3O3S2/c14-12(17)11-5-6-16(7-11)21(18,19)8-9-1-3-10(4-2-9)13(15)20/h1-4,11H,5-8H2,(H2,14,17)(H2,15,20). The summed E-state index contributed by atoms with van der Waals surface area (Å²) in [5.74, 6) is -0.957. The van der Waals surface area contributed by atoms with Crippen molar-refractivity contribution < 1.29 is 13.2 Å². The van der Waals surface area contributed by atoms with Gasteiger partial charge in [-0.05, 0) is 12.0 Å². The predicted octanol–water partition coefficient (Wildman–Crippen LogP) is -0.0422. The Hall–Kier alpha value is -1.51. The van der Waals surface area contributed by atoms with Crippen LogP contribution < -0.4 is 11.5 Å². The molecular formula is C13H17N3O3S2. The number of carbonyl (C=O) groups excluding carboxylic acids is 1. The number of nitrogens with zero attached hydrogens (tertiary/aromatic N) is 1. The van der Waals surface area contributed by atoms with Crippen LogP contribution in [0.1, 0.15) is 17.5 Å². The average molecular weight is 327 g/mol. The second-order valence-electron chi connectivity index (χ2n) is 5.06. The molecule has 2 rings (SSSR count). The van der Waals surface area contributed by atoms with Crippen LogP contribution in [0, 0.1) is 5.92 Å². The zero-order chi connectivity index (χ0) is 15.6. The normalized spacial score (nSPS) is 19.5. The van der Waals surface area contributed by atoms with Crippen molar-refractivity contribution >= 4 is 33.1 Å². The smallest absolute Gasteiger partial charge is 0.221 e. The van der Waals surface area contributed by atoms with Gasteiger partial charge in [0.1, 0.15) is 4.99 Å². The molecule has 1 atom stereocenters. The third-order valence-electron chi connectivity index (χ3n) is 3.53. The molecular weight excluding hydrogens is 310 g/mol. The van der Waals surface area contributed by atoms with E-state index in [1.165, 1.54) is 4.31 Å². The molecule has 0 aromatic heterocycles.